The Balaban J connectivity index is 1.96. The summed E-state index contributed by atoms with van der Waals surface area (Å²) in [7, 11) is 1.36. The number of hydrogen-bond acceptors (Lipinski definition) is 6. The smallest absolute Gasteiger partial charge is 0.311 e. The molecule has 0 fully saturated rings. The molecule has 0 aromatic heterocycles. The van der Waals surface area contributed by atoms with Crippen LogP contribution in [0, 0.1) is 10.1 Å². The molecule has 1 amide bonds. The number of rotatable bonds is 7. The van der Waals surface area contributed by atoms with E-state index in [4.69, 9.17) is 16.3 Å². The second-order valence-electron chi connectivity index (χ2n) is 5.14. The zero-order valence-corrected chi connectivity index (χ0v) is 15.6. The van der Waals surface area contributed by atoms with E-state index in [2.05, 4.69) is 10.5 Å². The fourth-order valence-corrected chi connectivity index (χ4v) is 2.95. The summed E-state index contributed by atoms with van der Waals surface area (Å²) in [6, 6.07) is 11.6. The van der Waals surface area contributed by atoms with E-state index in [-0.39, 0.29) is 22.6 Å². The summed E-state index contributed by atoms with van der Waals surface area (Å²) in [4.78, 5) is 23.4. The van der Waals surface area contributed by atoms with E-state index in [1.54, 1.807) is 25.1 Å². The number of nitro groups is 1. The molecule has 0 aliphatic rings. The molecule has 26 heavy (non-hydrogen) atoms. The number of methoxy groups -OCH3 is 1. The number of carbonyl (C=O) groups excluding carboxylic acids is 1. The van der Waals surface area contributed by atoms with Gasteiger partial charge in [-0.2, -0.15) is 5.10 Å². The van der Waals surface area contributed by atoms with Crippen molar-refractivity contribution in [1.29, 1.82) is 0 Å². The lowest BCUT2D eigenvalue weighted by Gasteiger charge is -2.09. The van der Waals surface area contributed by atoms with Crippen molar-refractivity contribution in [3.63, 3.8) is 0 Å². The first kappa shape index (κ1) is 19.7. The Bertz CT molecular complexity index is 827. The Morgan fingerprint density at radius 3 is 2.65 bits per heavy atom. The van der Waals surface area contributed by atoms with Gasteiger partial charge in [-0.3, -0.25) is 14.9 Å². The van der Waals surface area contributed by atoms with Gasteiger partial charge in [0, 0.05) is 21.5 Å². The molecule has 0 bridgehead atoms. The van der Waals surface area contributed by atoms with E-state index in [1.807, 2.05) is 12.1 Å². The summed E-state index contributed by atoms with van der Waals surface area (Å²) in [5, 5.41) is 15.1. The summed E-state index contributed by atoms with van der Waals surface area (Å²) in [5.74, 6) is -0.131. The van der Waals surface area contributed by atoms with E-state index >= 15 is 0 Å². The number of nitrogens with one attached hydrogen (secondary N) is 1. The minimum Gasteiger partial charge on any atom is -0.490 e. The number of amides is 1. The van der Waals surface area contributed by atoms with Gasteiger partial charge < -0.3 is 4.74 Å². The van der Waals surface area contributed by atoms with Gasteiger partial charge in [0.1, 0.15) is 0 Å². The third-order valence-electron chi connectivity index (χ3n) is 3.28. The molecule has 9 heteroatoms. The summed E-state index contributed by atoms with van der Waals surface area (Å²) in [5.41, 5.74) is 2.72. The van der Waals surface area contributed by atoms with Gasteiger partial charge in [0.25, 0.3) is 5.91 Å². The number of halogens is 1. The highest BCUT2D eigenvalue weighted by molar-refractivity contribution is 8.00. The highest BCUT2D eigenvalue weighted by Crippen LogP contribution is 2.27. The van der Waals surface area contributed by atoms with Crippen molar-refractivity contribution in [1.82, 2.24) is 5.43 Å². The number of hydrogen-bond donors (Lipinski definition) is 1. The van der Waals surface area contributed by atoms with Gasteiger partial charge in [-0.05, 0) is 43.3 Å². The Morgan fingerprint density at radius 1 is 1.35 bits per heavy atom. The minimum atomic E-state index is -0.542. The molecule has 0 saturated heterocycles. The fourth-order valence-electron chi connectivity index (χ4n) is 1.96. The predicted octanol–water partition coefficient (Wildman–Crippen LogP) is 3.89. The normalized spacial score (nSPS) is 12.0. The van der Waals surface area contributed by atoms with Crippen molar-refractivity contribution >= 4 is 41.2 Å². The van der Waals surface area contributed by atoms with Crippen LogP contribution < -0.4 is 10.2 Å². The maximum Gasteiger partial charge on any atom is 0.311 e. The summed E-state index contributed by atoms with van der Waals surface area (Å²) in [6.07, 6.45) is 1.34. The molecule has 2 rings (SSSR count). The van der Waals surface area contributed by atoms with Crippen LogP contribution in [0.2, 0.25) is 5.02 Å². The molecule has 0 unspecified atom stereocenters. The van der Waals surface area contributed by atoms with Crippen molar-refractivity contribution in [2.24, 2.45) is 5.10 Å². The van der Waals surface area contributed by atoms with Gasteiger partial charge in [0.2, 0.25) is 0 Å². The SMILES string of the molecule is COc1ccc(/C=N\NC(=O)[C@H](C)Sc2ccc(Cl)cc2)cc1[N+](=O)[O-]. The maximum absolute atomic E-state index is 12.1. The highest BCUT2D eigenvalue weighted by atomic mass is 35.5. The van der Waals surface area contributed by atoms with E-state index in [0.29, 0.717) is 10.6 Å². The Labute approximate surface area is 159 Å². The molecule has 0 spiro atoms. The number of ether oxygens (including phenoxy) is 1. The number of hydrazone groups is 1. The Morgan fingerprint density at radius 2 is 2.04 bits per heavy atom. The molecule has 0 radical (unpaired) electrons. The lowest BCUT2D eigenvalue weighted by atomic mass is 10.2. The summed E-state index contributed by atoms with van der Waals surface area (Å²) >= 11 is 7.20. The molecule has 1 atom stereocenters. The third kappa shape index (κ3) is 5.47. The molecule has 0 aliphatic heterocycles. The molecule has 0 aliphatic carbocycles. The van der Waals surface area contributed by atoms with Crippen LogP contribution in [0.4, 0.5) is 5.69 Å². The maximum atomic E-state index is 12.1. The summed E-state index contributed by atoms with van der Waals surface area (Å²) < 4.78 is 4.93. The van der Waals surface area contributed by atoms with Crippen LogP contribution in [0.1, 0.15) is 12.5 Å². The Hall–Kier alpha value is -2.58. The number of carbonyl (C=O) groups is 1. The van der Waals surface area contributed by atoms with Crippen molar-refractivity contribution in [3.05, 3.63) is 63.2 Å². The topological polar surface area (TPSA) is 93.8 Å². The lowest BCUT2D eigenvalue weighted by Crippen LogP contribution is -2.26. The molecule has 1 N–H and O–H groups in total. The third-order valence-corrected chi connectivity index (χ3v) is 4.65. The molecule has 2 aromatic carbocycles. The number of thioether (sulfide) groups is 1. The van der Waals surface area contributed by atoms with Crippen molar-refractivity contribution in [2.45, 2.75) is 17.1 Å². The number of nitro benzene ring substituents is 1. The first-order valence-electron chi connectivity index (χ1n) is 7.48. The molecule has 2 aromatic rings. The molecule has 136 valence electrons. The van der Waals surface area contributed by atoms with Gasteiger partial charge >= 0.3 is 5.69 Å². The van der Waals surface area contributed by atoms with E-state index in [9.17, 15) is 14.9 Å². The average Bonchev–Trinajstić information content (AvgIpc) is 2.63. The van der Waals surface area contributed by atoms with E-state index in [1.165, 1.54) is 37.2 Å². The Kier molecular flexibility index (Phi) is 6.99. The second kappa shape index (κ2) is 9.21. The van der Waals surface area contributed by atoms with Crippen molar-refractivity contribution < 1.29 is 14.5 Å². The average molecular weight is 394 g/mol. The van der Waals surface area contributed by atoms with Crippen LogP contribution in [-0.2, 0) is 4.79 Å². The summed E-state index contributed by atoms with van der Waals surface area (Å²) in [6.45, 7) is 1.75. The monoisotopic (exact) mass is 393 g/mol. The molecular formula is C17H16ClN3O4S. The van der Waals surface area contributed by atoms with Gasteiger partial charge in [-0.25, -0.2) is 5.43 Å². The van der Waals surface area contributed by atoms with Crippen LogP contribution in [0.15, 0.2) is 52.5 Å². The van der Waals surface area contributed by atoms with E-state index in [0.717, 1.165) is 4.90 Å². The predicted molar refractivity (Wildman–Crippen MR) is 102 cm³/mol. The first-order chi connectivity index (χ1) is 12.4. The van der Waals surface area contributed by atoms with Crippen molar-refractivity contribution in [3.8, 4) is 5.75 Å². The molecular weight excluding hydrogens is 378 g/mol. The van der Waals surface area contributed by atoms with Crippen LogP contribution in [0.3, 0.4) is 0 Å². The van der Waals surface area contributed by atoms with Gasteiger partial charge in [0.15, 0.2) is 5.75 Å². The minimum absolute atomic E-state index is 0.157. The van der Waals surface area contributed by atoms with Crippen LogP contribution >= 0.6 is 23.4 Å². The lowest BCUT2D eigenvalue weighted by molar-refractivity contribution is -0.385. The molecule has 7 nitrogen and oxygen atoms in total. The van der Waals surface area contributed by atoms with Crippen LogP contribution in [0.25, 0.3) is 0 Å². The largest absolute Gasteiger partial charge is 0.490 e. The van der Waals surface area contributed by atoms with Gasteiger partial charge in [-0.1, -0.05) is 11.6 Å². The molecule has 0 saturated carbocycles. The zero-order valence-electron chi connectivity index (χ0n) is 14.0. The first-order valence-corrected chi connectivity index (χ1v) is 8.74. The highest BCUT2D eigenvalue weighted by Gasteiger charge is 2.15. The molecule has 0 heterocycles. The number of benzene rings is 2. The van der Waals surface area contributed by atoms with Crippen LogP contribution in [-0.4, -0.2) is 29.4 Å². The van der Waals surface area contributed by atoms with Crippen molar-refractivity contribution in [2.75, 3.05) is 7.11 Å². The second-order valence-corrected chi connectivity index (χ2v) is 6.99. The van der Waals surface area contributed by atoms with Gasteiger partial charge in [-0.15, -0.1) is 11.8 Å². The quantitative estimate of drug-likeness (QED) is 0.333. The zero-order chi connectivity index (χ0) is 19.1. The fraction of sp³-hybridized carbons (Fsp3) is 0.176. The number of nitrogens with zero attached hydrogens (tertiary/aromatic N) is 2. The van der Waals surface area contributed by atoms with E-state index < -0.39 is 4.92 Å². The van der Waals surface area contributed by atoms with Crippen LogP contribution in [0.5, 0.6) is 5.75 Å². The standard InChI is InChI=1S/C17H16ClN3O4S/c1-11(26-14-6-4-13(18)5-7-14)17(22)20-19-10-12-3-8-16(25-2)15(9-12)21(23)24/h3-11H,1-2H3,(H,20,22)/b19-10-/t11-/m0/s1. The van der Waals surface area contributed by atoms with Gasteiger partial charge in [0.05, 0.1) is 23.5 Å².